The van der Waals surface area contributed by atoms with Crippen LogP contribution in [0.2, 0.25) is 0 Å². The highest BCUT2D eigenvalue weighted by molar-refractivity contribution is 4.81. The molecule has 2 N–H and O–H groups in total. The van der Waals surface area contributed by atoms with Crippen LogP contribution >= 0.6 is 0 Å². The van der Waals surface area contributed by atoms with Crippen LogP contribution in [-0.2, 0) is 0 Å². The lowest BCUT2D eigenvalue weighted by molar-refractivity contribution is -0.0368. The Morgan fingerprint density at radius 3 is 2.53 bits per heavy atom. The number of aliphatic hydroxyl groups excluding tert-OH is 2. The van der Waals surface area contributed by atoms with Gasteiger partial charge < -0.3 is 10.2 Å². The number of aliphatic hydroxyl groups is 2. The first-order valence-electron chi connectivity index (χ1n) is 6.55. The Kier molecular flexibility index (Phi) is 5.62. The van der Waals surface area contributed by atoms with Gasteiger partial charge in [0.1, 0.15) is 0 Å². The summed E-state index contributed by atoms with van der Waals surface area (Å²) in [6.07, 6.45) is 6.64. The van der Waals surface area contributed by atoms with Crippen molar-refractivity contribution in [3.8, 4) is 0 Å². The summed E-state index contributed by atoms with van der Waals surface area (Å²) in [6, 6.07) is 0. The third kappa shape index (κ3) is 3.76. The van der Waals surface area contributed by atoms with Gasteiger partial charge in [-0.3, -0.25) is 0 Å². The fraction of sp³-hybridized carbons (Fsp3) is 1.00. The lowest BCUT2D eigenvalue weighted by Gasteiger charge is -2.33. The first-order valence-corrected chi connectivity index (χ1v) is 6.55. The van der Waals surface area contributed by atoms with E-state index in [9.17, 15) is 10.2 Å². The Bertz CT molecular complexity index is 170. The van der Waals surface area contributed by atoms with Crippen LogP contribution in [0.4, 0.5) is 0 Å². The van der Waals surface area contributed by atoms with Gasteiger partial charge in [-0.1, -0.05) is 39.5 Å². The van der Waals surface area contributed by atoms with Gasteiger partial charge in [0.25, 0.3) is 0 Å². The van der Waals surface area contributed by atoms with Crippen molar-refractivity contribution in [2.45, 2.75) is 71.0 Å². The Hall–Kier alpha value is -0.0800. The van der Waals surface area contributed by atoms with E-state index in [0.717, 1.165) is 31.6 Å². The summed E-state index contributed by atoms with van der Waals surface area (Å²) < 4.78 is 0. The van der Waals surface area contributed by atoms with E-state index in [2.05, 4.69) is 6.92 Å². The summed E-state index contributed by atoms with van der Waals surface area (Å²) in [5.41, 5.74) is 0. The van der Waals surface area contributed by atoms with E-state index in [1.165, 1.54) is 19.3 Å². The average molecular weight is 214 g/mol. The molecule has 15 heavy (non-hydrogen) atoms. The van der Waals surface area contributed by atoms with Crippen LogP contribution in [0.1, 0.15) is 58.8 Å². The van der Waals surface area contributed by atoms with Crippen LogP contribution < -0.4 is 0 Å². The second-order valence-corrected chi connectivity index (χ2v) is 5.05. The van der Waals surface area contributed by atoms with Gasteiger partial charge in [0.15, 0.2) is 0 Å². The fourth-order valence-corrected chi connectivity index (χ4v) is 2.79. The monoisotopic (exact) mass is 214 g/mol. The molecule has 1 saturated carbocycles. The summed E-state index contributed by atoms with van der Waals surface area (Å²) in [6.45, 7) is 4.27. The Morgan fingerprint density at radius 1 is 1.20 bits per heavy atom. The van der Waals surface area contributed by atoms with Crippen molar-refractivity contribution < 1.29 is 10.2 Å². The van der Waals surface area contributed by atoms with Crippen molar-refractivity contribution in [3.05, 3.63) is 0 Å². The van der Waals surface area contributed by atoms with Crippen molar-refractivity contribution in [2.75, 3.05) is 0 Å². The zero-order valence-corrected chi connectivity index (χ0v) is 10.2. The molecule has 4 unspecified atom stereocenters. The van der Waals surface area contributed by atoms with Gasteiger partial charge in [-0.15, -0.1) is 0 Å². The minimum atomic E-state index is -0.504. The zero-order valence-electron chi connectivity index (χ0n) is 10.2. The third-order valence-electron chi connectivity index (χ3n) is 3.86. The van der Waals surface area contributed by atoms with E-state index in [4.69, 9.17) is 0 Å². The Morgan fingerprint density at radius 2 is 1.93 bits per heavy atom. The molecule has 0 saturated heterocycles. The van der Waals surface area contributed by atoms with Gasteiger partial charge >= 0.3 is 0 Å². The first-order chi connectivity index (χ1) is 7.19. The van der Waals surface area contributed by atoms with Crippen LogP contribution in [0.15, 0.2) is 0 Å². The zero-order chi connectivity index (χ0) is 11.3. The number of rotatable bonds is 5. The van der Waals surface area contributed by atoms with Crippen molar-refractivity contribution in [3.63, 3.8) is 0 Å². The molecule has 90 valence electrons. The van der Waals surface area contributed by atoms with E-state index in [-0.39, 0.29) is 0 Å². The molecule has 4 atom stereocenters. The molecule has 1 aliphatic rings. The molecule has 2 heteroatoms. The molecule has 2 nitrogen and oxygen atoms in total. The average Bonchev–Trinajstić information content (AvgIpc) is 2.28. The molecule has 0 spiro atoms. The molecule has 0 heterocycles. The topological polar surface area (TPSA) is 40.5 Å². The molecule has 0 aromatic rings. The van der Waals surface area contributed by atoms with E-state index >= 15 is 0 Å². The summed E-state index contributed by atoms with van der Waals surface area (Å²) >= 11 is 0. The van der Waals surface area contributed by atoms with E-state index < -0.39 is 12.2 Å². The number of hydrogen-bond donors (Lipinski definition) is 2. The van der Waals surface area contributed by atoms with Gasteiger partial charge in [-0.2, -0.15) is 0 Å². The van der Waals surface area contributed by atoms with E-state index in [0.29, 0.717) is 5.92 Å². The molecular weight excluding hydrogens is 188 g/mol. The van der Waals surface area contributed by atoms with Gasteiger partial charge in [-0.25, -0.2) is 0 Å². The summed E-state index contributed by atoms with van der Waals surface area (Å²) in [7, 11) is 0. The van der Waals surface area contributed by atoms with Crippen LogP contribution in [-0.4, -0.2) is 22.4 Å². The normalized spacial score (nSPS) is 31.2. The maximum Gasteiger partial charge on any atom is 0.0827 e. The molecule has 0 radical (unpaired) electrons. The molecule has 0 bridgehead atoms. The standard InChI is InChI=1S/C13H26O2/c1-3-6-12(14)13(15)11-8-5-7-10(4-2)9-11/h10-15H,3-9H2,1-2H3. The molecular formula is C13H26O2. The van der Waals surface area contributed by atoms with Crippen molar-refractivity contribution in [2.24, 2.45) is 11.8 Å². The minimum Gasteiger partial charge on any atom is -0.390 e. The van der Waals surface area contributed by atoms with Crippen molar-refractivity contribution >= 4 is 0 Å². The highest BCUT2D eigenvalue weighted by Crippen LogP contribution is 2.34. The van der Waals surface area contributed by atoms with Crippen molar-refractivity contribution in [1.29, 1.82) is 0 Å². The van der Waals surface area contributed by atoms with Gasteiger partial charge in [0.2, 0.25) is 0 Å². The van der Waals surface area contributed by atoms with Gasteiger partial charge in [-0.05, 0) is 31.1 Å². The predicted octanol–water partition coefficient (Wildman–Crippen LogP) is 2.72. The van der Waals surface area contributed by atoms with E-state index in [1.807, 2.05) is 6.92 Å². The maximum atomic E-state index is 10.0. The highest BCUT2D eigenvalue weighted by atomic mass is 16.3. The Balaban J connectivity index is 2.40. The summed E-state index contributed by atoms with van der Waals surface area (Å²) in [5.74, 6) is 1.11. The second kappa shape index (κ2) is 6.49. The van der Waals surface area contributed by atoms with Gasteiger partial charge in [0.05, 0.1) is 12.2 Å². The first kappa shape index (κ1) is 13.0. The maximum absolute atomic E-state index is 10.0. The lowest BCUT2D eigenvalue weighted by atomic mass is 9.76. The molecule has 1 fully saturated rings. The molecule has 0 aliphatic heterocycles. The molecule has 0 aromatic carbocycles. The van der Waals surface area contributed by atoms with Crippen LogP contribution in [0, 0.1) is 11.8 Å². The number of hydrogen-bond acceptors (Lipinski definition) is 2. The minimum absolute atomic E-state index is 0.338. The molecule has 0 aromatic heterocycles. The van der Waals surface area contributed by atoms with Crippen LogP contribution in [0.5, 0.6) is 0 Å². The highest BCUT2D eigenvalue weighted by Gasteiger charge is 2.30. The van der Waals surface area contributed by atoms with Crippen molar-refractivity contribution in [1.82, 2.24) is 0 Å². The third-order valence-corrected chi connectivity index (χ3v) is 3.86. The van der Waals surface area contributed by atoms with Crippen LogP contribution in [0.25, 0.3) is 0 Å². The quantitative estimate of drug-likeness (QED) is 0.738. The van der Waals surface area contributed by atoms with E-state index in [1.54, 1.807) is 0 Å². The summed E-state index contributed by atoms with van der Waals surface area (Å²) in [4.78, 5) is 0. The second-order valence-electron chi connectivity index (χ2n) is 5.05. The lowest BCUT2D eigenvalue weighted by Crippen LogP contribution is -2.36. The molecule has 1 rings (SSSR count). The Labute approximate surface area is 93.7 Å². The summed E-state index contributed by atoms with van der Waals surface area (Å²) in [5, 5.41) is 19.8. The smallest absolute Gasteiger partial charge is 0.0827 e. The van der Waals surface area contributed by atoms with Crippen LogP contribution in [0.3, 0.4) is 0 Å². The largest absolute Gasteiger partial charge is 0.390 e. The molecule has 0 amide bonds. The predicted molar refractivity (Wildman–Crippen MR) is 62.7 cm³/mol. The van der Waals surface area contributed by atoms with Gasteiger partial charge in [0, 0.05) is 0 Å². The molecule has 1 aliphatic carbocycles. The SMILES string of the molecule is CCCC(O)C(O)C1CCCC(CC)C1. The fourth-order valence-electron chi connectivity index (χ4n) is 2.79.